The van der Waals surface area contributed by atoms with Crippen LogP contribution in [0.4, 0.5) is 11.4 Å². The molecule has 2 N–H and O–H groups in total. The van der Waals surface area contributed by atoms with Gasteiger partial charge in [-0.05, 0) is 36.4 Å². The summed E-state index contributed by atoms with van der Waals surface area (Å²) in [5, 5.41) is 15.6. The number of hydrogen-bond donors (Lipinski definition) is 2. The Labute approximate surface area is 159 Å². The number of benzene rings is 3. The molecule has 138 valence electrons. The van der Waals surface area contributed by atoms with Gasteiger partial charge < -0.3 is 15.3 Å². The average Bonchev–Trinajstić information content (AvgIpc) is 2.63. The molecule has 1 heterocycles. The molecule has 0 bridgehead atoms. The van der Waals surface area contributed by atoms with Gasteiger partial charge >= 0.3 is 0 Å². The molecule has 0 aliphatic carbocycles. The predicted molar refractivity (Wildman–Crippen MR) is 110 cm³/mol. The summed E-state index contributed by atoms with van der Waals surface area (Å²) in [4.78, 5) is 14.7. The Hall–Kier alpha value is -2.85. The van der Waals surface area contributed by atoms with E-state index in [1.807, 2.05) is 43.0 Å². The summed E-state index contributed by atoms with van der Waals surface area (Å²) in [6, 6.07) is 18.3. The molecule has 1 atom stereocenters. The largest absolute Gasteiger partial charge is 0.391 e. The van der Waals surface area contributed by atoms with Gasteiger partial charge in [0, 0.05) is 29.7 Å². The van der Waals surface area contributed by atoms with Crippen molar-refractivity contribution >= 4 is 28.1 Å². The molecule has 1 amide bonds. The van der Waals surface area contributed by atoms with Gasteiger partial charge in [0.2, 0.25) is 5.91 Å². The predicted octanol–water partition coefficient (Wildman–Crippen LogP) is 3.82. The topological polar surface area (TPSA) is 52.6 Å². The van der Waals surface area contributed by atoms with Crippen molar-refractivity contribution in [2.45, 2.75) is 26.4 Å². The van der Waals surface area contributed by atoms with E-state index < -0.39 is 6.10 Å². The Kier molecular flexibility index (Phi) is 4.58. The molecule has 27 heavy (non-hydrogen) atoms. The van der Waals surface area contributed by atoms with Crippen LogP contribution < -0.4 is 10.2 Å². The number of fused-ring (bicyclic) bond motifs is 3. The average molecular weight is 360 g/mol. The lowest BCUT2D eigenvalue weighted by Gasteiger charge is -2.34. The molecule has 0 saturated heterocycles. The van der Waals surface area contributed by atoms with Crippen molar-refractivity contribution < 1.29 is 9.90 Å². The van der Waals surface area contributed by atoms with E-state index in [0.717, 1.165) is 33.3 Å². The van der Waals surface area contributed by atoms with Crippen LogP contribution in [0.5, 0.6) is 0 Å². The minimum Gasteiger partial charge on any atom is -0.391 e. The lowest BCUT2D eigenvalue weighted by Crippen LogP contribution is -2.43. The molecule has 1 unspecified atom stereocenters. The Balaban J connectivity index is 1.63. The van der Waals surface area contributed by atoms with Crippen LogP contribution >= 0.6 is 0 Å². The van der Waals surface area contributed by atoms with Crippen LogP contribution in [0.25, 0.3) is 10.8 Å². The summed E-state index contributed by atoms with van der Waals surface area (Å²) >= 11 is 0. The molecular weight excluding hydrogens is 336 g/mol. The Morgan fingerprint density at radius 3 is 2.78 bits per heavy atom. The molecule has 4 heteroatoms. The first-order valence-corrected chi connectivity index (χ1v) is 9.32. The third-order valence-corrected chi connectivity index (χ3v) is 5.18. The zero-order valence-corrected chi connectivity index (χ0v) is 15.7. The first kappa shape index (κ1) is 17.6. The van der Waals surface area contributed by atoms with Crippen molar-refractivity contribution in [1.29, 1.82) is 0 Å². The van der Waals surface area contributed by atoms with E-state index in [1.54, 1.807) is 0 Å². The highest BCUT2D eigenvalue weighted by Gasteiger charge is 2.26. The lowest BCUT2D eigenvalue weighted by molar-refractivity contribution is -0.115. The van der Waals surface area contributed by atoms with E-state index in [2.05, 4.69) is 35.6 Å². The third-order valence-electron chi connectivity index (χ3n) is 5.18. The molecule has 0 fully saturated rings. The number of amides is 1. The number of rotatable bonds is 3. The maximum absolute atomic E-state index is 12.7. The van der Waals surface area contributed by atoms with E-state index in [4.69, 9.17) is 0 Å². The van der Waals surface area contributed by atoms with Gasteiger partial charge in [0.15, 0.2) is 0 Å². The number of aliphatic hydroxyl groups excluding tert-OH is 1. The molecule has 3 aromatic rings. The van der Waals surface area contributed by atoms with Gasteiger partial charge in [0.05, 0.1) is 12.6 Å². The Morgan fingerprint density at radius 2 is 1.96 bits per heavy atom. The SMILES string of the molecule is Cc1ccc(NC(=O)CN2CC(O)Cc3ccc4ccccc4c32)c(C)c1. The van der Waals surface area contributed by atoms with Gasteiger partial charge in [-0.2, -0.15) is 0 Å². The van der Waals surface area contributed by atoms with Crippen molar-refractivity contribution in [3.8, 4) is 0 Å². The van der Waals surface area contributed by atoms with E-state index in [1.165, 1.54) is 5.56 Å². The van der Waals surface area contributed by atoms with Crippen molar-refractivity contribution in [1.82, 2.24) is 0 Å². The number of nitrogens with zero attached hydrogens (tertiary/aromatic N) is 1. The second-order valence-electron chi connectivity index (χ2n) is 7.40. The van der Waals surface area contributed by atoms with Crippen LogP contribution in [-0.2, 0) is 11.2 Å². The van der Waals surface area contributed by atoms with Crippen molar-refractivity contribution in [2.75, 3.05) is 23.3 Å². The van der Waals surface area contributed by atoms with Gasteiger partial charge in [-0.25, -0.2) is 0 Å². The summed E-state index contributed by atoms with van der Waals surface area (Å²) in [6.45, 7) is 4.71. The molecular formula is C23H24N2O2. The molecule has 0 spiro atoms. The normalized spacial score (nSPS) is 16.3. The number of aryl methyl sites for hydroxylation is 2. The van der Waals surface area contributed by atoms with Crippen LogP contribution in [0.3, 0.4) is 0 Å². The van der Waals surface area contributed by atoms with Crippen LogP contribution in [0.15, 0.2) is 54.6 Å². The highest BCUT2D eigenvalue weighted by atomic mass is 16.3. The van der Waals surface area contributed by atoms with Gasteiger partial charge in [0.25, 0.3) is 0 Å². The summed E-state index contributed by atoms with van der Waals surface area (Å²) in [5.41, 5.74) is 5.21. The first-order valence-electron chi connectivity index (χ1n) is 9.32. The highest BCUT2D eigenvalue weighted by Crippen LogP contribution is 2.35. The monoisotopic (exact) mass is 360 g/mol. The Morgan fingerprint density at radius 1 is 1.15 bits per heavy atom. The smallest absolute Gasteiger partial charge is 0.243 e. The fourth-order valence-electron chi connectivity index (χ4n) is 3.96. The summed E-state index contributed by atoms with van der Waals surface area (Å²) < 4.78 is 0. The molecule has 0 aromatic heterocycles. The van der Waals surface area contributed by atoms with E-state index >= 15 is 0 Å². The lowest BCUT2D eigenvalue weighted by atomic mass is 9.95. The zero-order valence-electron chi connectivity index (χ0n) is 15.7. The van der Waals surface area contributed by atoms with Crippen molar-refractivity contribution in [3.63, 3.8) is 0 Å². The molecule has 0 saturated carbocycles. The minimum absolute atomic E-state index is 0.0741. The molecule has 4 rings (SSSR count). The van der Waals surface area contributed by atoms with Crippen LogP contribution in [0.1, 0.15) is 16.7 Å². The molecule has 1 aliphatic rings. The van der Waals surface area contributed by atoms with Crippen molar-refractivity contribution in [3.05, 3.63) is 71.3 Å². The number of β-amino-alcohol motifs (C(OH)–C–C–N with tert-alkyl or cyclic N) is 1. The standard InChI is InChI=1S/C23H24N2O2/c1-15-7-10-21(16(2)11-15)24-22(27)14-25-13-19(26)12-18-9-8-17-5-3-4-6-20(17)23(18)25/h3-11,19,26H,12-14H2,1-2H3,(H,24,27). The van der Waals surface area contributed by atoms with Crippen LogP contribution in [0, 0.1) is 13.8 Å². The van der Waals surface area contributed by atoms with Gasteiger partial charge in [-0.3, -0.25) is 4.79 Å². The molecule has 0 radical (unpaired) electrons. The first-order chi connectivity index (χ1) is 13.0. The van der Waals surface area contributed by atoms with Crippen molar-refractivity contribution in [2.24, 2.45) is 0 Å². The van der Waals surface area contributed by atoms with E-state index in [-0.39, 0.29) is 12.5 Å². The van der Waals surface area contributed by atoms with Crippen LogP contribution in [0.2, 0.25) is 0 Å². The minimum atomic E-state index is -0.465. The fraction of sp³-hybridized carbons (Fsp3) is 0.261. The second-order valence-corrected chi connectivity index (χ2v) is 7.40. The fourth-order valence-corrected chi connectivity index (χ4v) is 3.96. The van der Waals surface area contributed by atoms with Gasteiger partial charge in [-0.1, -0.05) is 54.1 Å². The molecule has 3 aromatic carbocycles. The molecule has 1 aliphatic heterocycles. The highest BCUT2D eigenvalue weighted by molar-refractivity contribution is 6.00. The Bertz CT molecular complexity index is 1010. The van der Waals surface area contributed by atoms with Gasteiger partial charge in [0.1, 0.15) is 0 Å². The maximum atomic E-state index is 12.7. The van der Waals surface area contributed by atoms with E-state index in [9.17, 15) is 9.90 Å². The van der Waals surface area contributed by atoms with E-state index in [0.29, 0.717) is 13.0 Å². The van der Waals surface area contributed by atoms with Gasteiger partial charge in [-0.15, -0.1) is 0 Å². The number of carbonyl (C=O) groups excluding carboxylic acids is 1. The number of aliphatic hydroxyl groups is 1. The van der Waals surface area contributed by atoms with Crippen LogP contribution in [-0.4, -0.2) is 30.2 Å². The summed E-state index contributed by atoms with van der Waals surface area (Å²) in [6.07, 6.45) is 0.155. The third kappa shape index (κ3) is 3.53. The second kappa shape index (κ2) is 7.05. The number of carbonyl (C=O) groups is 1. The quantitative estimate of drug-likeness (QED) is 0.747. The zero-order chi connectivity index (χ0) is 19.0. The number of hydrogen-bond acceptors (Lipinski definition) is 3. The number of nitrogens with one attached hydrogen (secondary N) is 1. The maximum Gasteiger partial charge on any atom is 0.243 e. The number of anilines is 2. The summed E-state index contributed by atoms with van der Waals surface area (Å²) in [5.74, 6) is -0.0741. The summed E-state index contributed by atoms with van der Waals surface area (Å²) in [7, 11) is 0. The molecule has 4 nitrogen and oxygen atoms in total.